The molecule has 0 aliphatic rings. The van der Waals surface area contributed by atoms with Crippen LogP contribution in [0.25, 0.3) is 10.9 Å². The Bertz CT molecular complexity index is 1070. The summed E-state index contributed by atoms with van der Waals surface area (Å²) in [6.45, 7) is 2.63. The Kier molecular flexibility index (Phi) is 4.31. The minimum Gasteiger partial charge on any atom is -0.350 e. The molecule has 0 unspecified atom stereocenters. The fraction of sp³-hybridized carbons (Fsp3) is 0.143. The highest BCUT2D eigenvalue weighted by Gasteiger charge is 2.17. The molecule has 4 aromatic rings. The smallest absolute Gasteiger partial charge is 0.191 e. The summed E-state index contributed by atoms with van der Waals surface area (Å²) in [6.07, 6.45) is 2.89. The number of benzene rings is 2. The van der Waals surface area contributed by atoms with Crippen LogP contribution in [0.2, 0.25) is 0 Å². The van der Waals surface area contributed by atoms with Gasteiger partial charge in [-0.15, -0.1) is 11.3 Å². The first-order valence-electron chi connectivity index (χ1n) is 8.45. The van der Waals surface area contributed by atoms with Crippen LogP contribution in [0.5, 0.6) is 0 Å². The molecule has 2 heterocycles. The first-order chi connectivity index (χ1) is 12.7. The van der Waals surface area contributed by atoms with E-state index in [4.69, 9.17) is 0 Å². The molecule has 0 amide bonds. The van der Waals surface area contributed by atoms with Crippen LogP contribution in [0.15, 0.2) is 60.8 Å². The Morgan fingerprint density at radius 1 is 1.15 bits per heavy atom. The molecule has 4 rings (SSSR count). The highest BCUT2D eigenvalue weighted by molar-refractivity contribution is 7.15. The highest BCUT2D eigenvalue weighted by Crippen LogP contribution is 2.34. The second-order valence-corrected chi connectivity index (χ2v) is 7.48. The average Bonchev–Trinajstić information content (AvgIpc) is 3.23. The molecule has 0 aliphatic heterocycles. The molecule has 4 nitrogen and oxygen atoms in total. The number of anilines is 2. The maximum absolute atomic E-state index is 11.3. The van der Waals surface area contributed by atoms with Gasteiger partial charge in [0.25, 0.3) is 0 Å². The molecule has 5 heteroatoms. The number of thiazole rings is 1. The van der Waals surface area contributed by atoms with E-state index in [-0.39, 0.29) is 0 Å². The number of aldehydes is 1. The molecule has 2 aromatic heterocycles. The molecule has 0 spiro atoms. The number of carbonyl (C=O) groups is 1. The van der Waals surface area contributed by atoms with E-state index in [2.05, 4.69) is 57.0 Å². The quantitative estimate of drug-likeness (QED) is 0.465. The largest absolute Gasteiger partial charge is 0.350 e. The Morgan fingerprint density at radius 2 is 1.96 bits per heavy atom. The van der Waals surface area contributed by atoms with Crippen molar-refractivity contribution in [3.8, 4) is 0 Å². The summed E-state index contributed by atoms with van der Waals surface area (Å²) >= 11 is 1.55. The second kappa shape index (κ2) is 6.77. The van der Waals surface area contributed by atoms with E-state index in [1.807, 2.05) is 32.2 Å². The topological polar surface area (TPSA) is 38.1 Å². The molecule has 0 atom stereocenters. The molecule has 0 saturated heterocycles. The number of rotatable bonds is 5. The molecule has 2 aromatic carbocycles. The number of hydrogen-bond acceptors (Lipinski definition) is 4. The summed E-state index contributed by atoms with van der Waals surface area (Å²) in [5, 5.41) is 2.04. The van der Waals surface area contributed by atoms with Gasteiger partial charge in [-0.05, 0) is 36.1 Å². The van der Waals surface area contributed by atoms with Gasteiger partial charge in [0.15, 0.2) is 11.4 Å². The normalized spacial score (nSPS) is 11.0. The van der Waals surface area contributed by atoms with Crippen molar-refractivity contribution in [1.82, 2.24) is 9.55 Å². The third-order valence-electron chi connectivity index (χ3n) is 4.53. The zero-order chi connectivity index (χ0) is 18.1. The molecular formula is C21H19N3OS. The van der Waals surface area contributed by atoms with Crippen LogP contribution in [-0.4, -0.2) is 15.8 Å². The lowest BCUT2D eigenvalue weighted by Gasteiger charge is -2.22. The summed E-state index contributed by atoms with van der Waals surface area (Å²) in [7, 11) is 2.05. The molecule has 26 heavy (non-hydrogen) atoms. The lowest BCUT2D eigenvalue weighted by Crippen LogP contribution is -2.16. The maximum Gasteiger partial charge on any atom is 0.191 e. The number of fused-ring (bicyclic) bond motifs is 1. The van der Waals surface area contributed by atoms with E-state index in [9.17, 15) is 4.79 Å². The SMILES string of the molecule is Cc1sc(N(Cc2ccccc2)c2ccc3ccn(C)c3c2)nc1C=O. The molecule has 0 aliphatic carbocycles. The molecule has 0 radical (unpaired) electrons. The molecule has 0 bridgehead atoms. The Balaban J connectivity index is 1.82. The first kappa shape index (κ1) is 16.5. The van der Waals surface area contributed by atoms with Crippen molar-refractivity contribution in [3.05, 3.63) is 76.9 Å². The average molecular weight is 361 g/mol. The summed E-state index contributed by atoms with van der Waals surface area (Å²) in [4.78, 5) is 18.9. The van der Waals surface area contributed by atoms with Crippen LogP contribution in [0, 0.1) is 6.92 Å². The number of carbonyl (C=O) groups excluding carboxylic acids is 1. The van der Waals surface area contributed by atoms with Crippen molar-refractivity contribution in [2.45, 2.75) is 13.5 Å². The van der Waals surface area contributed by atoms with E-state index in [1.165, 1.54) is 16.5 Å². The van der Waals surface area contributed by atoms with Gasteiger partial charge in [0, 0.05) is 29.3 Å². The fourth-order valence-electron chi connectivity index (χ4n) is 3.07. The lowest BCUT2D eigenvalue weighted by atomic mass is 10.2. The number of aromatic nitrogens is 2. The Hall–Kier alpha value is -2.92. The standard InChI is InChI=1S/C21H19N3OS/c1-15-19(14-25)22-21(26-15)24(13-16-6-4-3-5-7-16)18-9-8-17-10-11-23(2)20(17)12-18/h3-12,14H,13H2,1-2H3. The summed E-state index contributed by atoms with van der Waals surface area (Å²) in [5.74, 6) is 0. The highest BCUT2D eigenvalue weighted by atomic mass is 32.1. The van der Waals surface area contributed by atoms with Crippen molar-refractivity contribution in [2.75, 3.05) is 4.90 Å². The first-order valence-corrected chi connectivity index (χ1v) is 9.26. The van der Waals surface area contributed by atoms with E-state index in [0.29, 0.717) is 12.2 Å². The van der Waals surface area contributed by atoms with Crippen LogP contribution in [0.3, 0.4) is 0 Å². The zero-order valence-corrected chi connectivity index (χ0v) is 15.5. The monoisotopic (exact) mass is 361 g/mol. The third kappa shape index (κ3) is 3.02. The van der Waals surface area contributed by atoms with Gasteiger partial charge in [0.1, 0.15) is 5.69 Å². The Labute approximate surface area is 156 Å². The van der Waals surface area contributed by atoms with Crippen LogP contribution in [-0.2, 0) is 13.6 Å². The third-order valence-corrected chi connectivity index (χ3v) is 5.54. The van der Waals surface area contributed by atoms with Crippen molar-refractivity contribution in [2.24, 2.45) is 7.05 Å². The van der Waals surface area contributed by atoms with E-state index in [0.717, 1.165) is 22.0 Å². The summed E-state index contributed by atoms with van der Waals surface area (Å²) in [6, 6.07) is 18.8. The molecule has 130 valence electrons. The minimum absolute atomic E-state index is 0.517. The maximum atomic E-state index is 11.3. The van der Waals surface area contributed by atoms with E-state index >= 15 is 0 Å². The van der Waals surface area contributed by atoms with Gasteiger partial charge >= 0.3 is 0 Å². The molecule has 0 fully saturated rings. The zero-order valence-electron chi connectivity index (χ0n) is 14.7. The van der Waals surface area contributed by atoms with Gasteiger partial charge < -0.3 is 9.47 Å². The van der Waals surface area contributed by atoms with Gasteiger partial charge in [0.2, 0.25) is 0 Å². The molecule has 0 N–H and O–H groups in total. The predicted molar refractivity (Wildman–Crippen MR) is 107 cm³/mol. The minimum atomic E-state index is 0.517. The summed E-state index contributed by atoms with van der Waals surface area (Å²) in [5.41, 5.74) is 3.95. The lowest BCUT2D eigenvalue weighted by molar-refractivity contribution is 0.111. The number of nitrogens with zero attached hydrogens (tertiary/aromatic N) is 3. The van der Waals surface area contributed by atoms with Gasteiger partial charge in [0.05, 0.1) is 6.54 Å². The Morgan fingerprint density at radius 3 is 2.69 bits per heavy atom. The van der Waals surface area contributed by atoms with Gasteiger partial charge in [-0.25, -0.2) is 4.98 Å². The van der Waals surface area contributed by atoms with Crippen molar-refractivity contribution < 1.29 is 4.79 Å². The van der Waals surface area contributed by atoms with Crippen molar-refractivity contribution in [3.63, 3.8) is 0 Å². The van der Waals surface area contributed by atoms with Crippen LogP contribution < -0.4 is 4.90 Å². The van der Waals surface area contributed by atoms with Crippen LogP contribution in [0.4, 0.5) is 10.8 Å². The molecular weight excluding hydrogens is 342 g/mol. The van der Waals surface area contributed by atoms with E-state index in [1.54, 1.807) is 11.3 Å². The number of aryl methyl sites for hydroxylation is 2. The predicted octanol–water partition coefficient (Wildman–Crippen LogP) is 5.09. The van der Waals surface area contributed by atoms with Gasteiger partial charge in [-0.1, -0.05) is 36.4 Å². The molecule has 0 saturated carbocycles. The van der Waals surface area contributed by atoms with Crippen molar-refractivity contribution in [1.29, 1.82) is 0 Å². The van der Waals surface area contributed by atoms with Gasteiger partial charge in [-0.2, -0.15) is 0 Å². The summed E-state index contributed by atoms with van der Waals surface area (Å²) < 4.78 is 2.11. The second-order valence-electron chi connectivity index (χ2n) is 6.30. The van der Waals surface area contributed by atoms with E-state index < -0.39 is 0 Å². The van der Waals surface area contributed by atoms with Crippen LogP contribution >= 0.6 is 11.3 Å². The fourth-order valence-corrected chi connectivity index (χ4v) is 3.97. The van der Waals surface area contributed by atoms with Crippen LogP contribution in [0.1, 0.15) is 20.9 Å². The number of hydrogen-bond donors (Lipinski definition) is 0. The van der Waals surface area contributed by atoms with Crippen molar-refractivity contribution >= 4 is 39.3 Å². The van der Waals surface area contributed by atoms with Gasteiger partial charge in [-0.3, -0.25) is 4.79 Å².